The van der Waals surface area contributed by atoms with Crippen LogP contribution in [0.3, 0.4) is 0 Å². The van der Waals surface area contributed by atoms with Crippen LogP contribution in [0.15, 0.2) is 54.9 Å². The number of hydrogen-bond donors (Lipinski definition) is 1. The molecule has 0 saturated carbocycles. The Kier molecular flexibility index (Phi) is 5.43. The average molecular weight is 376 g/mol. The van der Waals surface area contributed by atoms with E-state index in [0.29, 0.717) is 24.0 Å². The number of benzene rings is 1. The highest BCUT2D eigenvalue weighted by atomic mass is 16.1. The van der Waals surface area contributed by atoms with Crippen molar-refractivity contribution in [1.82, 2.24) is 24.9 Å². The van der Waals surface area contributed by atoms with Crippen LogP contribution >= 0.6 is 0 Å². The minimum atomic E-state index is -0.178. The SMILES string of the molecule is CCn1cc(NC(=O)c2ccc(CN3CCC[C@@H]3c3ccccn3)cc2)nn1. The van der Waals surface area contributed by atoms with Crippen molar-refractivity contribution in [3.05, 3.63) is 71.7 Å². The van der Waals surface area contributed by atoms with Gasteiger partial charge in [-0.25, -0.2) is 0 Å². The van der Waals surface area contributed by atoms with Gasteiger partial charge in [0.2, 0.25) is 0 Å². The van der Waals surface area contributed by atoms with E-state index in [1.165, 1.54) is 12.0 Å². The summed E-state index contributed by atoms with van der Waals surface area (Å²) in [6, 6.07) is 14.2. The van der Waals surface area contributed by atoms with E-state index in [1.54, 1.807) is 10.9 Å². The molecule has 1 aliphatic heterocycles. The number of anilines is 1. The van der Waals surface area contributed by atoms with Crippen LogP contribution in [0.4, 0.5) is 5.82 Å². The van der Waals surface area contributed by atoms with Crippen LogP contribution in [0.25, 0.3) is 0 Å². The fourth-order valence-corrected chi connectivity index (χ4v) is 3.62. The summed E-state index contributed by atoms with van der Waals surface area (Å²) in [5.41, 5.74) is 2.94. The second-order valence-electron chi connectivity index (χ2n) is 6.99. The predicted octanol–water partition coefficient (Wildman–Crippen LogP) is 3.28. The molecule has 1 N–H and O–H groups in total. The highest BCUT2D eigenvalue weighted by Crippen LogP contribution is 2.31. The highest BCUT2D eigenvalue weighted by Gasteiger charge is 2.26. The van der Waals surface area contributed by atoms with Crippen molar-refractivity contribution >= 4 is 11.7 Å². The van der Waals surface area contributed by atoms with Crippen molar-refractivity contribution in [2.75, 3.05) is 11.9 Å². The Balaban J connectivity index is 1.39. The van der Waals surface area contributed by atoms with Gasteiger partial charge in [-0.1, -0.05) is 23.4 Å². The summed E-state index contributed by atoms with van der Waals surface area (Å²) in [5.74, 6) is 0.286. The molecule has 1 fully saturated rings. The van der Waals surface area contributed by atoms with Gasteiger partial charge in [-0.2, -0.15) is 0 Å². The number of likely N-dealkylation sites (tertiary alicyclic amines) is 1. The van der Waals surface area contributed by atoms with Gasteiger partial charge in [0.1, 0.15) is 0 Å². The molecule has 0 radical (unpaired) electrons. The molecule has 1 aromatic carbocycles. The maximum absolute atomic E-state index is 12.4. The third-order valence-corrected chi connectivity index (χ3v) is 5.10. The molecule has 1 aliphatic rings. The van der Waals surface area contributed by atoms with Crippen molar-refractivity contribution in [3.63, 3.8) is 0 Å². The fourth-order valence-electron chi connectivity index (χ4n) is 3.62. The van der Waals surface area contributed by atoms with Crippen molar-refractivity contribution in [2.45, 2.75) is 38.9 Å². The molecule has 0 spiro atoms. The first-order valence-electron chi connectivity index (χ1n) is 9.68. The van der Waals surface area contributed by atoms with Gasteiger partial charge in [0.25, 0.3) is 5.91 Å². The summed E-state index contributed by atoms with van der Waals surface area (Å²) in [6.07, 6.45) is 5.89. The topological polar surface area (TPSA) is 75.9 Å². The lowest BCUT2D eigenvalue weighted by atomic mass is 10.1. The van der Waals surface area contributed by atoms with Gasteiger partial charge in [-0.15, -0.1) is 5.10 Å². The summed E-state index contributed by atoms with van der Waals surface area (Å²) in [5, 5.41) is 10.7. The molecule has 1 saturated heterocycles. The minimum Gasteiger partial charge on any atom is -0.304 e. The third kappa shape index (κ3) is 4.09. The predicted molar refractivity (Wildman–Crippen MR) is 107 cm³/mol. The molecule has 144 valence electrons. The zero-order valence-corrected chi connectivity index (χ0v) is 16.0. The van der Waals surface area contributed by atoms with Crippen LogP contribution in [-0.4, -0.2) is 37.3 Å². The zero-order chi connectivity index (χ0) is 19.3. The number of hydrogen-bond acceptors (Lipinski definition) is 5. The van der Waals surface area contributed by atoms with E-state index in [9.17, 15) is 4.79 Å². The van der Waals surface area contributed by atoms with Gasteiger partial charge in [0.05, 0.1) is 17.9 Å². The van der Waals surface area contributed by atoms with Crippen molar-refractivity contribution < 1.29 is 4.79 Å². The second-order valence-corrected chi connectivity index (χ2v) is 6.99. The number of aryl methyl sites for hydroxylation is 1. The Bertz CT molecular complexity index is 922. The van der Waals surface area contributed by atoms with Gasteiger partial charge in [-0.05, 0) is 56.1 Å². The van der Waals surface area contributed by atoms with Gasteiger partial charge in [-0.3, -0.25) is 19.4 Å². The van der Waals surface area contributed by atoms with E-state index in [-0.39, 0.29) is 5.91 Å². The molecule has 7 heteroatoms. The van der Waals surface area contributed by atoms with Gasteiger partial charge >= 0.3 is 0 Å². The Morgan fingerprint density at radius 2 is 2.07 bits per heavy atom. The summed E-state index contributed by atoms with van der Waals surface area (Å²) in [6.45, 7) is 4.61. The van der Waals surface area contributed by atoms with Crippen LogP contribution in [0.1, 0.15) is 47.4 Å². The molecule has 28 heavy (non-hydrogen) atoms. The molecule has 0 unspecified atom stereocenters. The lowest BCUT2D eigenvalue weighted by Gasteiger charge is -2.24. The Morgan fingerprint density at radius 1 is 1.21 bits per heavy atom. The molecule has 7 nitrogen and oxygen atoms in total. The first-order valence-corrected chi connectivity index (χ1v) is 9.68. The number of carbonyl (C=O) groups excluding carboxylic acids is 1. The molecule has 1 atom stereocenters. The largest absolute Gasteiger partial charge is 0.304 e. The average Bonchev–Trinajstić information content (AvgIpc) is 3.38. The van der Waals surface area contributed by atoms with Gasteiger partial charge in [0.15, 0.2) is 5.82 Å². The lowest BCUT2D eigenvalue weighted by molar-refractivity contribution is 0.102. The highest BCUT2D eigenvalue weighted by molar-refractivity contribution is 6.03. The minimum absolute atomic E-state index is 0.178. The van der Waals surface area contributed by atoms with Crippen LogP contribution in [-0.2, 0) is 13.1 Å². The summed E-state index contributed by atoms with van der Waals surface area (Å²) < 4.78 is 1.67. The zero-order valence-electron chi connectivity index (χ0n) is 16.0. The smallest absolute Gasteiger partial charge is 0.256 e. The number of rotatable bonds is 6. The standard InChI is InChI=1S/C21H24N6O/c1-2-27-15-20(24-25-27)23-21(28)17-10-8-16(9-11-17)14-26-13-5-7-19(26)18-6-3-4-12-22-18/h3-4,6,8-12,15,19H,2,5,7,13-14H2,1H3,(H,23,28)/t19-/m1/s1. The Labute approximate surface area is 164 Å². The Hall–Kier alpha value is -3.06. The lowest BCUT2D eigenvalue weighted by Crippen LogP contribution is -2.23. The summed E-state index contributed by atoms with van der Waals surface area (Å²) in [7, 11) is 0. The molecule has 0 aliphatic carbocycles. The van der Waals surface area contributed by atoms with Crippen LogP contribution in [0.5, 0.6) is 0 Å². The van der Waals surface area contributed by atoms with E-state index in [0.717, 1.165) is 25.2 Å². The monoisotopic (exact) mass is 376 g/mol. The second kappa shape index (κ2) is 8.31. The van der Waals surface area contributed by atoms with E-state index < -0.39 is 0 Å². The van der Waals surface area contributed by atoms with Crippen LogP contribution in [0.2, 0.25) is 0 Å². The first-order chi connectivity index (χ1) is 13.7. The fraction of sp³-hybridized carbons (Fsp3) is 0.333. The molecule has 0 bridgehead atoms. The molecular weight excluding hydrogens is 352 g/mol. The van der Waals surface area contributed by atoms with Crippen LogP contribution in [0, 0.1) is 0 Å². The van der Waals surface area contributed by atoms with Gasteiger partial charge in [0, 0.05) is 24.8 Å². The van der Waals surface area contributed by atoms with E-state index >= 15 is 0 Å². The normalized spacial score (nSPS) is 17.0. The first kappa shape index (κ1) is 18.3. The van der Waals surface area contributed by atoms with E-state index in [4.69, 9.17) is 0 Å². The number of pyridine rings is 1. The number of aromatic nitrogens is 4. The Morgan fingerprint density at radius 3 is 2.79 bits per heavy atom. The summed E-state index contributed by atoms with van der Waals surface area (Å²) in [4.78, 5) is 19.4. The number of carbonyl (C=O) groups is 1. The van der Waals surface area contributed by atoms with Gasteiger partial charge < -0.3 is 5.32 Å². The molecular formula is C21H24N6O. The van der Waals surface area contributed by atoms with E-state index in [2.05, 4.69) is 31.6 Å². The number of nitrogens with zero attached hydrogens (tertiary/aromatic N) is 5. The molecule has 3 heterocycles. The van der Waals surface area contributed by atoms with Crippen molar-refractivity contribution in [2.24, 2.45) is 0 Å². The number of amides is 1. The maximum Gasteiger partial charge on any atom is 0.256 e. The third-order valence-electron chi connectivity index (χ3n) is 5.10. The summed E-state index contributed by atoms with van der Waals surface area (Å²) >= 11 is 0. The van der Waals surface area contributed by atoms with Crippen LogP contribution < -0.4 is 5.32 Å². The molecule has 3 aromatic rings. The van der Waals surface area contributed by atoms with E-state index in [1.807, 2.05) is 49.5 Å². The molecule has 1 amide bonds. The van der Waals surface area contributed by atoms with Crippen molar-refractivity contribution in [3.8, 4) is 0 Å². The maximum atomic E-state index is 12.4. The number of nitrogens with one attached hydrogen (secondary N) is 1. The molecule has 2 aromatic heterocycles. The quantitative estimate of drug-likeness (QED) is 0.714. The molecule has 4 rings (SSSR count). The van der Waals surface area contributed by atoms with Crippen molar-refractivity contribution in [1.29, 1.82) is 0 Å².